The second-order valence-corrected chi connectivity index (χ2v) is 4.99. The minimum Gasteiger partial charge on any atom is -0.478 e. The second kappa shape index (κ2) is 4.96. The molecular weight excluding hydrogens is 252 g/mol. The van der Waals surface area contributed by atoms with Crippen molar-refractivity contribution in [3.63, 3.8) is 0 Å². The van der Waals surface area contributed by atoms with Gasteiger partial charge in [-0.3, -0.25) is 0 Å². The van der Waals surface area contributed by atoms with Crippen molar-refractivity contribution < 1.29 is 9.90 Å². The number of hydrogen-bond donors (Lipinski definition) is 1. The van der Waals surface area contributed by atoms with E-state index in [-0.39, 0.29) is 0 Å². The fraction of sp³-hybridized carbons (Fsp3) is 0.250. The third-order valence-corrected chi connectivity index (χ3v) is 3.64. The molecule has 2 heterocycles. The van der Waals surface area contributed by atoms with E-state index in [1.165, 1.54) is 11.1 Å². The zero-order valence-corrected chi connectivity index (χ0v) is 11.3. The topological polar surface area (TPSA) is 53.4 Å². The van der Waals surface area contributed by atoms with Crippen LogP contribution in [-0.4, -0.2) is 16.1 Å². The summed E-state index contributed by atoms with van der Waals surface area (Å²) in [6.45, 7) is 3.56. The molecule has 1 aliphatic rings. The maximum atomic E-state index is 11.2. The number of anilines is 1. The van der Waals surface area contributed by atoms with Crippen LogP contribution in [0, 0.1) is 0 Å². The number of nitrogens with zero attached hydrogens (tertiary/aromatic N) is 2. The Hall–Kier alpha value is -2.36. The lowest BCUT2D eigenvalue weighted by molar-refractivity contribution is 0.0696. The van der Waals surface area contributed by atoms with Crippen molar-refractivity contribution in [3.05, 3.63) is 58.8 Å². The van der Waals surface area contributed by atoms with E-state index in [1.54, 1.807) is 12.1 Å². The van der Waals surface area contributed by atoms with Gasteiger partial charge in [0, 0.05) is 18.8 Å². The van der Waals surface area contributed by atoms with E-state index in [0.717, 1.165) is 31.0 Å². The molecule has 1 aromatic carbocycles. The van der Waals surface area contributed by atoms with E-state index in [0.29, 0.717) is 5.56 Å². The van der Waals surface area contributed by atoms with Crippen molar-refractivity contribution in [2.45, 2.75) is 26.4 Å². The summed E-state index contributed by atoms with van der Waals surface area (Å²) in [5.74, 6) is -0.155. The summed E-state index contributed by atoms with van der Waals surface area (Å²) >= 11 is 0. The first-order valence-corrected chi connectivity index (χ1v) is 6.73. The largest absolute Gasteiger partial charge is 0.478 e. The van der Waals surface area contributed by atoms with Crippen LogP contribution in [0.2, 0.25) is 0 Å². The molecule has 102 valence electrons. The lowest BCUT2D eigenvalue weighted by atomic mass is 10.1. The van der Waals surface area contributed by atoms with E-state index in [1.807, 2.05) is 19.1 Å². The summed E-state index contributed by atoms with van der Waals surface area (Å²) < 4.78 is 0. The fourth-order valence-electron chi connectivity index (χ4n) is 2.53. The van der Waals surface area contributed by atoms with Crippen molar-refractivity contribution in [1.29, 1.82) is 0 Å². The van der Waals surface area contributed by atoms with Crippen molar-refractivity contribution in [2.75, 3.05) is 4.90 Å². The number of fused-ring (bicyclic) bond motifs is 1. The number of rotatable bonds is 3. The minimum absolute atomic E-state index is 0.308. The Labute approximate surface area is 117 Å². The predicted octanol–water partition coefficient (Wildman–Crippen LogP) is 2.86. The number of carbonyl (C=O) groups is 1. The number of hydrogen-bond acceptors (Lipinski definition) is 3. The smallest absolute Gasteiger partial charge is 0.335 e. The average molecular weight is 268 g/mol. The molecule has 1 N–H and O–H groups in total. The molecule has 0 fully saturated rings. The Balaban J connectivity index is 1.96. The third kappa shape index (κ3) is 2.25. The van der Waals surface area contributed by atoms with Crippen LogP contribution in [0.4, 0.5) is 5.82 Å². The molecule has 0 saturated heterocycles. The number of pyridine rings is 1. The zero-order valence-electron chi connectivity index (χ0n) is 11.3. The SMILES string of the molecule is CCc1cc(C(=O)O)cc(N2Cc3ccccc3C2)n1. The number of aromatic nitrogens is 1. The van der Waals surface area contributed by atoms with Gasteiger partial charge in [-0.25, -0.2) is 9.78 Å². The number of aromatic carboxylic acids is 1. The van der Waals surface area contributed by atoms with Crippen LogP contribution in [0.3, 0.4) is 0 Å². The van der Waals surface area contributed by atoms with Gasteiger partial charge in [-0.2, -0.15) is 0 Å². The van der Waals surface area contributed by atoms with Crippen LogP contribution in [0.25, 0.3) is 0 Å². The highest BCUT2D eigenvalue weighted by molar-refractivity contribution is 5.88. The van der Waals surface area contributed by atoms with Gasteiger partial charge in [0.15, 0.2) is 0 Å². The van der Waals surface area contributed by atoms with Gasteiger partial charge >= 0.3 is 5.97 Å². The van der Waals surface area contributed by atoms with Crippen LogP contribution in [0.1, 0.15) is 34.1 Å². The molecule has 0 atom stereocenters. The van der Waals surface area contributed by atoms with Gasteiger partial charge in [0.2, 0.25) is 0 Å². The van der Waals surface area contributed by atoms with Crippen molar-refractivity contribution in [2.24, 2.45) is 0 Å². The summed E-state index contributed by atoms with van der Waals surface area (Å²) in [7, 11) is 0. The Morgan fingerprint density at radius 1 is 1.25 bits per heavy atom. The zero-order chi connectivity index (χ0) is 14.1. The van der Waals surface area contributed by atoms with Crippen molar-refractivity contribution in [1.82, 2.24) is 4.98 Å². The summed E-state index contributed by atoms with van der Waals surface area (Å²) in [5.41, 5.74) is 3.69. The van der Waals surface area contributed by atoms with Gasteiger partial charge in [-0.05, 0) is 29.7 Å². The summed E-state index contributed by atoms with van der Waals surface area (Å²) in [4.78, 5) is 17.9. The first-order chi connectivity index (χ1) is 9.67. The first-order valence-electron chi connectivity index (χ1n) is 6.73. The molecule has 0 spiro atoms. The second-order valence-electron chi connectivity index (χ2n) is 4.99. The van der Waals surface area contributed by atoms with E-state index in [2.05, 4.69) is 22.0 Å². The lowest BCUT2D eigenvalue weighted by Crippen LogP contribution is -2.17. The number of carboxylic acids is 1. The number of carboxylic acid groups (broad SMARTS) is 1. The monoisotopic (exact) mass is 268 g/mol. The van der Waals surface area contributed by atoms with Gasteiger partial charge in [-0.1, -0.05) is 31.2 Å². The van der Waals surface area contributed by atoms with Crippen molar-refractivity contribution >= 4 is 11.8 Å². The van der Waals surface area contributed by atoms with Crippen molar-refractivity contribution in [3.8, 4) is 0 Å². The molecule has 2 aromatic rings. The molecular formula is C16H16N2O2. The molecule has 1 aliphatic heterocycles. The van der Waals surface area contributed by atoms with E-state index < -0.39 is 5.97 Å². The maximum absolute atomic E-state index is 11.2. The Morgan fingerprint density at radius 3 is 2.45 bits per heavy atom. The average Bonchev–Trinajstić information content (AvgIpc) is 2.90. The molecule has 0 unspecified atom stereocenters. The summed E-state index contributed by atoms with van der Waals surface area (Å²) in [6, 6.07) is 11.6. The first kappa shape index (κ1) is 12.7. The third-order valence-electron chi connectivity index (χ3n) is 3.64. The summed E-state index contributed by atoms with van der Waals surface area (Å²) in [5, 5.41) is 9.20. The number of aryl methyl sites for hydroxylation is 1. The van der Waals surface area contributed by atoms with Gasteiger partial charge in [0.05, 0.1) is 5.56 Å². The Kier molecular flexibility index (Phi) is 3.14. The highest BCUT2D eigenvalue weighted by Gasteiger charge is 2.21. The minimum atomic E-state index is -0.903. The highest BCUT2D eigenvalue weighted by Crippen LogP contribution is 2.27. The molecule has 0 bridgehead atoms. The van der Waals surface area contributed by atoms with E-state index >= 15 is 0 Å². The Bertz CT molecular complexity index is 642. The molecule has 0 radical (unpaired) electrons. The molecule has 20 heavy (non-hydrogen) atoms. The van der Waals surface area contributed by atoms with E-state index in [4.69, 9.17) is 0 Å². The molecule has 4 nitrogen and oxygen atoms in total. The predicted molar refractivity (Wildman–Crippen MR) is 76.9 cm³/mol. The quantitative estimate of drug-likeness (QED) is 0.930. The normalized spacial score (nSPS) is 13.3. The van der Waals surface area contributed by atoms with Crippen LogP contribution in [-0.2, 0) is 19.5 Å². The molecule has 0 saturated carbocycles. The molecule has 3 rings (SSSR count). The van der Waals surface area contributed by atoms with Crippen LogP contribution in [0.15, 0.2) is 36.4 Å². The van der Waals surface area contributed by atoms with E-state index in [9.17, 15) is 9.90 Å². The fourth-order valence-corrected chi connectivity index (χ4v) is 2.53. The van der Waals surface area contributed by atoms with Gasteiger partial charge < -0.3 is 10.0 Å². The molecule has 0 aliphatic carbocycles. The molecule has 0 amide bonds. The van der Waals surface area contributed by atoms with Crippen LogP contribution >= 0.6 is 0 Å². The highest BCUT2D eigenvalue weighted by atomic mass is 16.4. The van der Waals surface area contributed by atoms with Crippen LogP contribution in [0.5, 0.6) is 0 Å². The molecule has 4 heteroatoms. The lowest BCUT2D eigenvalue weighted by Gasteiger charge is -2.18. The van der Waals surface area contributed by atoms with Gasteiger partial charge in [0.1, 0.15) is 5.82 Å². The Morgan fingerprint density at radius 2 is 1.90 bits per heavy atom. The maximum Gasteiger partial charge on any atom is 0.335 e. The number of benzene rings is 1. The standard InChI is InChI=1S/C16H16N2O2/c1-2-14-7-13(16(19)20)8-15(17-14)18-9-11-5-3-4-6-12(11)10-18/h3-8H,2,9-10H2,1H3,(H,19,20). The summed E-state index contributed by atoms with van der Waals surface area (Å²) in [6.07, 6.45) is 0.731. The van der Waals surface area contributed by atoms with Gasteiger partial charge in [0.25, 0.3) is 0 Å². The van der Waals surface area contributed by atoms with Crippen LogP contribution < -0.4 is 4.90 Å². The van der Waals surface area contributed by atoms with Gasteiger partial charge in [-0.15, -0.1) is 0 Å². The molecule has 1 aromatic heterocycles.